The smallest absolute Gasteiger partial charge is 0.313 e. The van der Waals surface area contributed by atoms with Crippen molar-refractivity contribution in [2.75, 3.05) is 18.1 Å². The summed E-state index contributed by atoms with van der Waals surface area (Å²) in [5, 5.41) is 11.4. The van der Waals surface area contributed by atoms with Gasteiger partial charge in [-0.3, -0.25) is 14.2 Å². The van der Waals surface area contributed by atoms with Crippen LogP contribution in [0.1, 0.15) is 12.2 Å². The number of hydrogen-bond acceptors (Lipinski definition) is 4. The molecular weight excluding hydrogens is 362 g/mol. The summed E-state index contributed by atoms with van der Waals surface area (Å²) in [4.78, 5) is 27.3. The van der Waals surface area contributed by atoms with Crippen LogP contribution >= 0.6 is 11.8 Å². The Morgan fingerprint density at radius 2 is 1.81 bits per heavy atom. The molecular formula is C20H21N3O3S. The maximum Gasteiger partial charge on any atom is 0.313 e. The van der Waals surface area contributed by atoms with E-state index >= 15 is 0 Å². The highest BCUT2D eigenvalue weighted by Gasteiger charge is 2.13. The van der Waals surface area contributed by atoms with Crippen LogP contribution in [0, 0.1) is 0 Å². The number of imidazole rings is 1. The number of para-hydroxylation sites is 3. The Balaban J connectivity index is 1.65. The summed E-state index contributed by atoms with van der Waals surface area (Å²) < 4.78 is 2.09. The molecule has 27 heavy (non-hydrogen) atoms. The van der Waals surface area contributed by atoms with Crippen molar-refractivity contribution in [1.29, 1.82) is 0 Å². The number of carboxylic acid groups (broad SMARTS) is 1. The van der Waals surface area contributed by atoms with Crippen LogP contribution in [0.2, 0.25) is 0 Å². The molecule has 0 aliphatic carbocycles. The first-order valence-corrected chi connectivity index (χ1v) is 9.88. The van der Waals surface area contributed by atoms with Gasteiger partial charge in [0.1, 0.15) is 5.82 Å². The molecule has 7 heteroatoms. The number of fused-ring (bicyclic) bond motifs is 1. The fourth-order valence-corrected chi connectivity index (χ4v) is 3.41. The third kappa shape index (κ3) is 5.10. The molecule has 0 radical (unpaired) electrons. The van der Waals surface area contributed by atoms with Gasteiger partial charge in [0.2, 0.25) is 5.91 Å². The molecule has 0 spiro atoms. The third-order valence-corrected chi connectivity index (χ3v) is 4.96. The van der Waals surface area contributed by atoms with Crippen molar-refractivity contribution in [2.24, 2.45) is 0 Å². The van der Waals surface area contributed by atoms with E-state index in [1.165, 1.54) is 11.8 Å². The lowest BCUT2D eigenvalue weighted by Crippen LogP contribution is -2.26. The number of amides is 1. The zero-order valence-electron chi connectivity index (χ0n) is 14.8. The number of hydrogen-bond donors (Lipinski definition) is 2. The Bertz CT molecular complexity index is 925. The molecule has 6 nitrogen and oxygen atoms in total. The van der Waals surface area contributed by atoms with Gasteiger partial charge in [-0.2, -0.15) is 0 Å². The molecule has 0 saturated heterocycles. The molecule has 1 heterocycles. The second-order valence-electron chi connectivity index (χ2n) is 5.98. The minimum absolute atomic E-state index is 0.0526. The lowest BCUT2D eigenvalue weighted by atomic mass is 10.2. The molecule has 0 aliphatic heterocycles. The molecule has 0 fully saturated rings. The van der Waals surface area contributed by atoms with E-state index in [9.17, 15) is 9.59 Å². The summed E-state index contributed by atoms with van der Waals surface area (Å²) in [6, 6.07) is 17.9. The lowest BCUT2D eigenvalue weighted by molar-refractivity contribution is -0.133. The van der Waals surface area contributed by atoms with E-state index in [0.717, 1.165) is 22.5 Å². The number of aryl methyl sites for hydroxylation is 1. The summed E-state index contributed by atoms with van der Waals surface area (Å²) in [5.41, 5.74) is 2.94. The third-order valence-electron chi connectivity index (χ3n) is 4.01. The average molecular weight is 383 g/mol. The molecule has 1 aromatic heterocycles. The van der Waals surface area contributed by atoms with Crippen LogP contribution in [0.3, 0.4) is 0 Å². The first kappa shape index (κ1) is 19.0. The molecule has 1 amide bonds. The topological polar surface area (TPSA) is 84.2 Å². The predicted molar refractivity (Wildman–Crippen MR) is 107 cm³/mol. The van der Waals surface area contributed by atoms with Gasteiger partial charge in [0.15, 0.2) is 0 Å². The van der Waals surface area contributed by atoms with Crippen LogP contribution in [0.15, 0.2) is 54.6 Å². The Morgan fingerprint density at radius 3 is 2.59 bits per heavy atom. The number of aromatic nitrogens is 2. The van der Waals surface area contributed by atoms with Crippen LogP contribution in [0.4, 0.5) is 0 Å². The minimum Gasteiger partial charge on any atom is -0.481 e. The molecule has 2 aromatic carbocycles. The highest BCUT2D eigenvalue weighted by Crippen LogP contribution is 2.22. The monoisotopic (exact) mass is 383 g/mol. The molecule has 0 saturated carbocycles. The van der Waals surface area contributed by atoms with Gasteiger partial charge >= 0.3 is 5.97 Å². The number of nitrogens with one attached hydrogen (secondary N) is 1. The Hall–Kier alpha value is -2.80. The van der Waals surface area contributed by atoms with Crippen molar-refractivity contribution in [3.05, 3.63) is 60.4 Å². The highest BCUT2D eigenvalue weighted by molar-refractivity contribution is 7.99. The zero-order chi connectivity index (χ0) is 19.1. The van der Waals surface area contributed by atoms with E-state index in [1.54, 1.807) is 0 Å². The van der Waals surface area contributed by atoms with E-state index in [2.05, 4.69) is 9.88 Å². The number of carboxylic acids is 1. The highest BCUT2D eigenvalue weighted by atomic mass is 32.2. The predicted octanol–water partition coefficient (Wildman–Crippen LogP) is 2.89. The van der Waals surface area contributed by atoms with Crippen LogP contribution < -0.4 is 5.32 Å². The van der Waals surface area contributed by atoms with Crippen LogP contribution in [0.5, 0.6) is 0 Å². The SMILES string of the molecule is O=C(O)CSCCNC(=O)CCc1nc2ccccc2n1-c1ccccc1. The van der Waals surface area contributed by atoms with E-state index in [0.29, 0.717) is 25.1 Å². The standard InChI is InChI=1S/C20H21N3O3S/c24-19(21-12-13-27-14-20(25)26)11-10-18-22-16-8-4-5-9-17(16)23(18)15-6-2-1-3-7-15/h1-9H,10-14H2,(H,21,24)(H,25,26). The van der Waals surface area contributed by atoms with Crippen molar-refractivity contribution >= 4 is 34.7 Å². The fourth-order valence-electron chi connectivity index (χ4n) is 2.84. The molecule has 3 aromatic rings. The van der Waals surface area contributed by atoms with Gasteiger partial charge in [-0.25, -0.2) is 4.98 Å². The lowest BCUT2D eigenvalue weighted by Gasteiger charge is -2.09. The van der Waals surface area contributed by atoms with E-state index in [4.69, 9.17) is 10.1 Å². The molecule has 0 bridgehead atoms. The maximum absolute atomic E-state index is 12.1. The second kappa shape index (κ2) is 9.23. The van der Waals surface area contributed by atoms with Gasteiger partial charge in [0, 0.05) is 30.8 Å². The first-order chi connectivity index (χ1) is 13.1. The first-order valence-electron chi connectivity index (χ1n) is 8.73. The van der Waals surface area contributed by atoms with Crippen LogP contribution in [-0.4, -0.2) is 44.6 Å². The van der Waals surface area contributed by atoms with Crippen molar-refractivity contribution in [1.82, 2.24) is 14.9 Å². The van der Waals surface area contributed by atoms with Gasteiger partial charge < -0.3 is 10.4 Å². The van der Waals surface area contributed by atoms with Gasteiger partial charge in [0.25, 0.3) is 0 Å². The zero-order valence-corrected chi connectivity index (χ0v) is 15.6. The molecule has 0 aliphatic rings. The maximum atomic E-state index is 12.1. The Labute approximate surface area is 161 Å². The number of benzene rings is 2. The fraction of sp³-hybridized carbons (Fsp3) is 0.250. The minimum atomic E-state index is -0.842. The quantitative estimate of drug-likeness (QED) is 0.555. The van der Waals surface area contributed by atoms with Gasteiger partial charge in [-0.15, -0.1) is 11.8 Å². The summed E-state index contributed by atoms with van der Waals surface area (Å²) in [6.45, 7) is 0.464. The average Bonchev–Trinajstić information content (AvgIpc) is 3.05. The summed E-state index contributed by atoms with van der Waals surface area (Å²) in [5.74, 6) is 0.582. The van der Waals surface area contributed by atoms with Crippen LogP contribution in [-0.2, 0) is 16.0 Å². The Kier molecular flexibility index (Phi) is 6.49. The van der Waals surface area contributed by atoms with Gasteiger partial charge in [-0.05, 0) is 24.3 Å². The number of carbonyl (C=O) groups excluding carboxylic acids is 1. The second-order valence-corrected chi connectivity index (χ2v) is 7.09. The van der Waals surface area contributed by atoms with E-state index < -0.39 is 5.97 Å². The summed E-state index contributed by atoms with van der Waals surface area (Å²) in [7, 11) is 0. The van der Waals surface area contributed by atoms with Crippen molar-refractivity contribution in [3.63, 3.8) is 0 Å². The number of aliphatic carboxylic acids is 1. The number of carbonyl (C=O) groups is 2. The molecule has 0 atom stereocenters. The Morgan fingerprint density at radius 1 is 1.07 bits per heavy atom. The van der Waals surface area contributed by atoms with Crippen molar-refractivity contribution in [2.45, 2.75) is 12.8 Å². The molecule has 140 valence electrons. The number of rotatable bonds is 9. The van der Waals surface area contributed by atoms with E-state index in [1.807, 2.05) is 54.6 Å². The van der Waals surface area contributed by atoms with Crippen molar-refractivity contribution < 1.29 is 14.7 Å². The number of nitrogens with zero attached hydrogens (tertiary/aromatic N) is 2. The van der Waals surface area contributed by atoms with Gasteiger partial charge in [-0.1, -0.05) is 30.3 Å². The molecule has 3 rings (SSSR count). The number of thioether (sulfide) groups is 1. The summed E-state index contributed by atoms with van der Waals surface area (Å²) in [6.07, 6.45) is 0.859. The van der Waals surface area contributed by atoms with Crippen LogP contribution in [0.25, 0.3) is 16.7 Å². The normalized spacial score (nSPS) is 10.8. The largest absolute Gasteiger partial charge is 0.481 e. The molecule has 2 N–H and O–H groups in total. The van der Waals surface area contributed by atoms with Crippen molar-refractivity contribution in [3.8, 4) is 5.69 Å². The summed E-state index contributed by atoms with van der Waals surface area (Å²) >= 11 is 1.29. The van der Waals surface area contributed by atoms with Gasteiger partial charge in [0.05, 0.1) is 16.8 Å². The van der Waals surface area contributed by atoms with E-state index in [-0.39, 0.29) is 11.7 Å². The molecule has 0 unspecified atom stereocenters.